The zero-order valence-electron chi connectivity index (χ0n) is 29.0. The molecular formula is C35H39N5O12S. The number of carbonyl (C=O) groups is 2. The molecule has 0 heterocycles. The number of amides is 1. The van der Waals surface area contributed by atoms with E-state index >= 15 is 0 Å². The largest absolute Gasteiger partial charge is 0.495 e. The smallest absolute Gasteiger partial charge is 0.330 e. The third-order valence-electron chi connectivity index (χ3n) is 7.32. The normalized spacial score (nSPS) is 11.9. The lowest BCUT2D eigenvalue weighted by atomic mass is 10.1. The number of nitrogens with two attached hydrogens (primary N) is 1. The zero-order chi connectivity index (χ0) is 39.1. The van der Waals surface area contributed by atoms with Crippen LogP contribution in [-0.4, -0.2) is 68.2 Å². The number of nitro groups is 2. The molecule has 0 saturated heterocycles. The summed E-state index contributed by atoms with van der Waals surface area (Å²) in [6.45, 7) is 5.66. The van der Waals surface area contributed by atoms with Crippen LogP contribution in [0.2, 0.25) is 0 Å². The molecule has 0 unspecified atom stereocenters. The number of carboxylic acids is 1. The maximum Gasteiger partial charge on any atom is 0.330 e. The number of rotatable bonds is 17. The molecule has 0 saturated carbocycles. The highest BCUT2D eigenvalue weighted by molar-refractivity contribution is 7.89. The first-order valence-electron chi connectivity index (χ1n) is 15.9. The number of methoxy groups -OCH3 is 1. The molecule has 18 heteroatoms. The van der Waals surface area contributed by atoms with Crippen molar-refractivity contribution >= 4 is 33.3 Å². The van der Waals surface area contributed by atoms with E-state index in [9.17, 15) is 43.3 Å². The minimum absolute atomic E-state index is 0.00411. The van der Waals surface area contributed by atoms with Gasteiger partial charge in [-0.05, 0) is 55.7 Å². The molecule has 0 aliphatic heterocycles. The number of non-ortho nitro benzene ring substituents is 2. The molecule has 282 valence electrons. The SMILES string of the molecule is CCOc1ccccc1OCCN[C@H](C)Cc1ccc(OC)c(S(N)(=O)=O)c1.O=C(N[C@H](C(=O)O)c1ccccc1)c1cc([N+](=O)[O-])cc([N+](=O)[O-])c1. The number of nitrogens with one attached hydrogen (secondary N) is 2. The van der Waals surface area contributed by atoms with Crippen LogP contribution < -0.4 is 30.0 Å². The molecule has 0 bridgehead atoms. The fourth-order valence-corrected chi connectivity index (χ4v) is 5.64. The van der Waals surface area contributed by atoms with Crippen molar-refractivity contribution in [3.8, 4) is 17.2 Å². The highest BCUT2D eigenvalue weighted by Crippen LogP contribution is 2.27. The summed E-state index contributed by atoms with van der Waals surface area (Å²) in [6, 6.07) is 21.5. The molecule has 0 aliphatic rings. The number of carbonyl (C=O) groups excluding carboxylic acids is 1. The van der Waals surface area contributed by atoms with Gasteiger partial charge in [0.2, 0.25) is 10.0 Å². The number of sulfonamides is 1. The molecule has 4 aromatic rings. The monoisotopic (exact) mass is 753 g/mol. The fourth-order valence-electron chi connectivity index (χ4n) is 4.89. The summed E-state index contributed by atoms with van der Waals surface area (Å²) in [5, 5.41) is 41.8. The van der Waals surface area contributed by atoms with E-state index < -0.39 is 49.2 Å². The lowest BCUT2D eigenvalue weighted by Gasteiger charge is -2.16. The van der Waals surface area contributed by atoms with E-state index in [0.717, 1.165) is 23.4 Å². The molecule has 4 aromatic carbocycles. The molecule has 5 N–H and O–H groups in total. The quantitative estimate of drug-likeness (QED) is 0.0664. The predicted octanol–water partition coefficient (Wildman–Crippen LogP) is 4.40. The number of primary sulfonamides is 1. The summed E-state index contributed by atoms with van der Waals surface area (Å²) in [6.07, 6.45) is 0.641. The van der Waals surface area contributed by atoms with Gasteiger partial charge in [0, 0.05) is 24.7 Å². The van der Waals surface area contributed by atoms with Gasteiger partial charge >= 0.3 is 5.97 Å². The fraction of sp³-hybridized carbons (Fsp3) is 0.257. The van der Waals surface area contributed by atoms with Gasteiger partial charge in [-0.3, -0.25) is 25.0 Å². The van der Waals surface area contributed by atoms with E-state index in [2.05, 4.69) is 10.6 Å². The average Bonchev–Trinajstić information content (AvgIpc) is 3.13. The van der Waals surface area contributed by atoms with Crippen LogP contribution in [0, 0.1) is 20.2 Å². The van der Waals surface area contributed by atoms with Gasteiger partial charge < -0.3 is 30.0 Å². The predicted molar refractivity (Wildman–Crippen MR) is 193 cm³/mol. The van der Waals surface area contributed by atoms with Crippen molar-refractivity contribution in [2.75, 3.05) is 26.9 Å². The molecule has 0 fully saturated rings. The van der Waals surface area contributed by atoms with Crippen molar-refractivity contribution in [3.63, 3.8) is 0 Å². The van der Waals surface area contributed by atoms with E-state index in [0.29, 0.717) is 38.0 Å². The highest BCUT2D eigenvalue weighted by atomic mass is 32.2. The van der Waals surface area contributed by atoms with Crippen LogP contribution in [0.1, 0.15) is 41.4 Å². The summed E-state index contributed by atoms with van der Waals surface area (Å²) < 4.78 is 39.9. The Morgan fingerprint density at radius 3 is 1.98 bits per heavy atom. The molecule has 0 radical (unpaired) electrons. The highest BCUT2D eigenvalue weighted by Gasteiger charge is 2.25. The first kappa shape index (κ1) is 41.3. The molecule has 17 nitrogen and oxygen atoms in total. The van der Waals surface area contributed by atoms with Gasteiger partial charge in [-0.25, -0.2) is 18.4 Å². The van der Waals surface area contributed by atoms with Gasteiger partial charge in [-0.1, -0.05) is 48.5 Å². The van der Waals surface area contributed by atoms with E-state index in [-0.39, 0.29) is 27.8 Å². The molecule has 1 amide bonds. The molecule has 4 rings (SSSR count). The number of benzene rings is 4. The molecule has 53 heavy (non-hydrogen) atoms. The molecular weight excluding hydrogens is 714 g/mol. The van der Waals surface area contributed by atoms with Gasteiger partial charge in [0.05, 0.1) is 35.2 Å². The summed E-state index contributed by atoms with van der Waals surface area (Å²) in [5.74, 6) is -0.644. The van der Waals surface area contributed by atoms with Crippen molar-refractivity contribution < 1.29 is 47.2 Å². The standard InChI is InChI=1S/C20H28N2O5S.C15H11N3O7/c1-4-26-17-7-5-6-8-18(17)27-12-11-22-15(2)13-16-9-10-19(25-3)20(14-16)28(21,23)24;19-14(16-13(15(20)21)9-4-2-1-3-5-9)10-6-11(17(22)23)8-12(7-10)18(24)25/h5-10,14-15,22H,4,11-13H2,1-3H3,(H2,21,23,24);1-8,13H,(H,16,19)(H,20,21)/t15-;13-/m10/s1. The van der Waals surface area contributed by atoms with Crippen LogP contribution >= 0.6 is 0 Å². The van der Waals surface area contributed by atoms with E-state index in [1.165, 1.54) is 19.2 Å². The average molecular weight is 754 g/mol. The first-order valence-corrected chi connectivity index (χ1v) is 17.5. The van der Waals surface area contributed by atoms with Gasteiger partial charge in [0.1, 0.15) is 17.3 Å². The van der Waals surface area contributed by atoms with Gasteiger partial charge in [-0.15, -0.1) is 0 Å². The van der Waals surface area contributed by atoms with Gasteiger partial charge in [-0.2, -0.15) is 0 Å². The molecule has 0 aliphatic carbocycles. The number of ether oxygens (including phenoxy) is 3. The Morgan fingerprint density at radius 1 is 0.868 bits per heavy atom. The van der Waals surface area contributed by atoms with E-state index in [1.54, 1.807) is 30.3 Å². The van der Waals surface area contributed by atoms with Crippen molar-refractivity contribution in [2.24, 2.45) is 5.14 Å². The second-order valence-electron chi connectivity index (χ2n) is 11.2. The number of hydrogen-bond donors (Lipinski definition) is 4. The number of nitro benzene ring substituents is 2. The van der Waals surface area contributed by atoms with Crippen LogP contribution in [0.25, 0.3) is 0 Å². The van der Waals surface area contributed by atoms with Crippen LogP contribution in [0.4, 0.5) is 11.4 Å². The first-order chi connectivity index (χ1) is 25.1. The lowest BCUT2D eigenvalue weighted by Crippen LogP contribution is -2.33. The van der Waals surface area contributed by atoms with E-state index in [1.807, 2.05) is 44.2 Å². The van der Waals surface area contributed by atoms with Crippen molar-refractivity contribution in [1.29, 1.82) is 0 Å². The van der Waals surface area contributed by atoms with Crippen LogP contribution in [0.15, 0.2) is 95.9 Å². The summed E-state index contributed by atoms with van der Waals surface area (Å²) >= 11 is 0. The lowest BCUT2D eigenvalue weighted by molar-refractivity contribution is -0.394. The maximum absolute atomic E-state index is 12.3. The maximum atomic E-state index is 12.3. The third kappa shape index (κ3) is 12.6. The number of nitrogens with zero attached hydrogens (tertiary/aromatic N) is 2. The van der Waals surface area contributed by atoms with E-state index in [4.69, 9.17) is 19.3 Å². The Kier molecular flexibility index (Phi) is 15.2. The second-order valence-corrected chi connectivity index (χ2v) is 12.8. The van der Waals surface area contributed by atoms with Crippen molar-refractivity contribution in [1.82, 2.24) is 10.6 Å². The van der Waals surface area contributed by atoms with Crippen molar-refractivity contribution in [2.45, 2.75) is 37.2 Å². The summed E-state index contributed by atoms with van der Waals surface area (Å²) in [5.41, 5.74) is -0.546. The Balaban J connectivity index is 0.000000287. The molecule has 0 spiro atoms. The van der Waals surface area contributed by atoms with Crippen LogP contribution in [0.3, 0.4) is 0 Å². The Labute approximate surface area is 305 Å². The minimum atomic E-state index is -3.84. The number of para-hydroxylation sites is 2. The Hall–Kier alpha value is -6.11. The second kappa shape index (κ2) is 19.5. The van der Waals surface area contributed by atoms with Crippen LogP contribution in [-0.2, 0) is 21.2 Å². The zero-order valence-corrected chi connectivity index (χ0v) is 29.8. The summed E-state index contributed by atoms with van der Waals surface area (Å²) in [4.78, 5) is 43.6. The number of aliphatic carboxylic acids is 1. The van der Waals surface area contributed by atoms with Gasteiger partial charge in [0.15, 0.2) is 17.5 Å². The third-order valence-corrected chi connectivity index (χ3v) is 8.25. The topological polar surface area (TPSA) is 253 Å². The van der Waals surface area contributed by atoms with Crippen LogP contribution in [0.5, 0.6) is 17.2 Å². The Morgan fingerprint density at radius 2 is 1.45 bits per heavy atom. The Bertz CT molecular complexity index is 1980. The van der Waals surface area contributed by atoms with Crippen molar-refractivity contribution in [3.05, 3.63) is 128 Å². The summed E-state index contributed by atoms with van der Waals surface area (Å²) in [7, 11) is -2.43. The number of hydrogen-bond acceptors (Lipinski definition) is 12. The van der Waals surface area contributed by atoms with Gasteiger partial charge in [0.25, 0.3) is 17.3 Å². The molecule has 2 atom stereocenters. The molecule has 0 aromatic heterocycles. The number of carboxylic acid groups (broad SMARTS) is 1. The minimum Gasteiger partial charge on any atom is -0.495 e.